The average molecular weight is 410 g/mol. The SMILES string of the molecule is Cn1cc(S(=O)(=O)NCC(=O)OCC(=O)NCc2ccc3c(c2)OCO3)cn1. The molecule has 0 aliphatic carbocycles. The molecule has 1 amide bonds. The summed E-state index contributed by atoms with van der Waals surface area (Å²) < 4.78 is 42.5. The van der Waals surface area contributed by atoms with Gasteiger partial charge in [0.05, 0.1) is 6.20 Å². The molecule has 2 N–H and O–H groups in total. The van der Waals surface area contributed by atoms with E-state index < -0.39 is 35.1 Å². The minimum absolute atomic E-state index is 0.0794. The molecule has 0 unspecified atom stereocenters. The zero-order valence-corrected chi connectivity index (χ0v) is 15.7. The number of rotatable bonds is 8. The number of carbonyl (C=O) groups is 2. The van der Waals surface area contributed by atoms with Crippen molar-refractivity contribution in [2.45, 2.75) is 11.4 Å². The van der Waals surface area contributed by atoms with Crippen LogP contribution < -0.4 is 19.5 Å². The molecular weight excluding hydrogens is 392 g/mol. The van der Waals surface area contributed by atoms with E-state index in [9.17, 15) is 18.0 Å². The maximum absolute atomic E-state index is 12.0. The Labute approximate surface area is 160 Å². The summed E-state index contributed by atoms with van der Waals surface area (Å²) in [6.07, 6.45) is 2.44. The van der Waals surface area contributed by atoms with Gasteiger partial charge in [-0.05, 0) is 17.7 Å². The lowest BCUT2D eigenvalue weighted by atomic mass is 10.2. The van der Waals surface area contributed by atoms with Crippen LogP contribution in [0.2, 0.25) is 0 Å². The van der Waals surface area contributed by atoms with Crippen molar-refractivity contribution in [3.05, 3.63) is 36.2 Å². The third-order valence-corrected chi connectivity index (χ3v) is 5.04. The predicted molar refractivity (Wildman–Crippen MR) is 93.8 cm³/mol. The molecule has 2 aromatic rings. The summed E-state index contributed by atoms with van der Waals surface area (Å²) in [6, 6.07) is 5.24. The number of benzene rings is 1. The number of amides is 1. The monoisotopic (exact) mass is 410 g/mol. The molecule has 3 rings (SSSR count). The fourth-order valence-electron chi connectivity index (χ4n) is 2.27. The number of nitrogens with one attached hydrogen (secondary N) is 2. The zero-order chi connectivity index (χ0) is 20.1. The van der Waals surface area contributed by atoms with E-state index >= 15 is 0 Å². The van der Waals surface area contributed by atoms with E-state index in [2.05, 4.69) is 15.1 Å². The van der Waals surface area contributed by atoms with Crippen molar-refractivity contribution in [3.8, 4) is 11.5 Å². The fraction of sp³-hybridized carbons (Fsp3) is 0.312. The van der Waals surface area contributed by atoms with Gasteiger partial charge in [0.2, 0.25) is 16.8 Å². The van der Waals surface area contributed by atoms with Gasteiger partial charge < -0.3 is 19.5 Å². The predicted octanol–water partition coefficient (Wildman–Crippen LogP) is -0.713. The molecule has 2 heterocycles. The van der Waals surface area contributed by atoms with Gasteiger partial charge in [0.1, 0.15) is 11.4 Å². The molecule has 0 atom stereocenters. The highest BCUT2D eigenvalue weighted by atomic mass is 32.2. The standard InChI is InChI=1S/C16H18N4O7S/c1-20-8-12(6-18-20)28(23,24)19-7-16(22)25-9-15(21)17-5-11-2-3-13-14(4-11)27-10-26-13/h2-4,6,8,19H,5,7,9-10H2,1H3,(H,17,21). The zero-order valence-electron chi connectivity index (χ0n) is 14.9. The number of fused-ring (bicyclic) bond motifs is 1. The highest BCUT2D eigenvalue weighted by Gasteiger charge is 2.18. The lowest BCUT2D eigenvalue weighted by Gasteiger charge is -2.08. The highest BCUT2D eigenvalue weighted by Crippen LogP contribution is 2.32. The van der Waals surface area contributed by atoms with E-state index in [1.165, 1.54) is 10.9 Å². The van der Waals surface area contributed by atoms with Crippen LogP contribution in [0, 0.1) is 0 Å². The number of sulfonamides is 1. The van der Waals surface area contributed by atoms with Gasteiger partial charge in [-0.3, -0.25) is 14.3 Å². The van der Waals surface area contributed by atoms with Crippen LogP contribution >= 0.6 is 0 Å². The Hall–Kier alpha value is -3.12. The Morgan fingerprint density at radius 3 is 2.82 bits per heavy atom. The minimum atomic E-state index is -3.88. The Balaban J connectivity index is 1.39. The number of carbonyl (C=O) groups excluding carboxylic acids is 2. The van der Waals surface area contributed by atoms with Crippen molar-refractivity contribution in [2.75, 3.05) is 19.9 Å². The summed E-state index contributed by atoms with van der Waals surface area (Å²) in [7, 11) is -2.32. The molecule has 1 aliphatic heterocycles. The fourth-order valence-corrected chi connectivity index (χ4v) is 3.23. The van der Waals surface area contributed by atoms with Crippen LogP contribution in [0.4, 0.5) is 0 Å². The van der Waals surface area contributed by atoms with E-state index in [4.69, 9.17) is 14.2 Å². The van der Waals surface area contributed by atoms with Crippen LogP contribution in [-0.2, 0) is 37.9 Å². The van der Waals surface area contributed by atoms with E-state index in [0.29, 0.717) is 11.5 Å². The number of aromatic nitrogens is 2. The third kappa shape index (κ3) is 4.98. The number of esters is 1. The number of hydrogen-bond acceptors (Lipinski definition) is 8. The summed E-state index contributed by atoms with van der Waals surface area (Å²) in [4.78, 5) is 23.4. The van der Waals surface area contributed by atoms with Crippen molar-refractivity contribution in [1.29, 1.82) is 0 Å². The van der Waals surface area contributed by atoms with Gasteiger partial charge in [0.25, 0.3) is 5.91 Å². The smallest absolute Gasteiger partial charge is 0.321 e. The van der Waals surface area contributed by atoms with Gasteiger partial charge in [0, 0.05) is 19.8 Å². The largest absolute Gasteiger partial charge is 0.455 e. The van der Waals surface area contributed by atoms with Gasteiger partial charge in [-0.25, -0.2) is 8.42 Å². The molecule has 0 saturated carbocycles. The van der Waals surface area contributed by atoms with Gasteiger partial charge >= 0.3 is 5.97 Å². The molecule has 0 radical (unpaired) electrons. The Morgan fingerprint density at radius 2 is 2.07 bits per heavy atom. The molecular formula is C16H18N4O7S. The number of ether oxygens (including phenoxy) is 3. The Bertz CT molecular complexity index is 987. The highest BCUT2D eigenvalue weighted by molar-refractivity contribution is 7.89. The van der Waals surface area contributed by atoms with Crippen LogP contribution in [0.5, 0.6) is 11.5 Å². The molecule has 28 heavy (non-hydrogen) atoms. The van der Waals surface area contributed by atoms with Crippen LogP contribution in [0.15, 0.2) is 35.5 Å². The third-order valence-electron chi connectivity index (χ3n) is 3.69. The van der Waals surface area contributed by atoms with Crippen LogP contribution in [0.25, 0.3) is 0 Å². The van der Waals surface area contributed by atoms with E-state index in [1.54, 1.807) is 25.2 Å². The first-order valence-electron chi connectivity index (χ1n) is 8.12. The van der Waals surface area contributed by atoms with Crippen molar-refractivity contribution in [1.82, 2.24) is 19.8 Å². The first kappa shape index (κ1) is 19.6. The number of nitrogens with zero attached hydrogens (tertiary/aromatic N) is 2. The summed E-state index contributed by atoms with van der Waals surface area (Å²) >= 11 is 0. The van der Waals surface area contributed by atoms with Gasteiger partial charge in [0.15, 0.2) is 18.1 Å². The minimum Gasteiger partial charge on any atom is -0.455 e. The maximum Gasteiger partial charge on any atom is 0.321 e. The Kier molecular flexibility index (Phi) is 5.80. The summed E-state index contributed by atoms with van der Waals surface area (Å²) in [5.74, 6) is -0.177. The molecule has 1 aliphatic rings. The van der Waals surface area contributed by atoms with Gasteiger partial charge in [-0.15, -0.1) is 0 Å². The van der Waals surface area contributed by atoms with E-state index in [-0.39, 0.29) is 18.2 Å². The molecule has 11 nitrogen and oxygen atoms in total. The van der Waals surface area contributed by atoms with Crippen molar-refractivity contribution >= 4 is 21.9 Å². The van der Waals surface area contributed by atoms with Gasteiger partial charge in [-0.2, -0.15) is 9.82 Å². The van der Waals surface area contributed by atoms with Crippen LogP contribution in [0.3, 0.4) is 0 Å². The van der Waals surface area contributed by atoms with Crippen LogP contribution in [-0.4, -0.2) is 50.0 Å². The molecule has 0 saturated heterocycles. The second-order valence-electron chi connectivity index (χ2n) is 5.80. The Morgan fingerprint density at radius 1 is 1.29 bits per heavy atom. The second-order valence-corrected chi connectivity index (χ2v) is 7.57. The van der Waals surface area contributed by atoms with Crippen molar-refractivity contribution < 1.29 is 32.2 Å². The molecule has 0 bridgehead atoms. The first-order valence-corrected chi connectivity index (χ1v) is 9.61. The summed E-state index contributed by atoms with van der Waals surface area (Å²) in [5, 5.41) is 6.33. The number of aryl methyl sites for hydroxylation is 1. The average Bonchev–Trinajstić information content (AvgIpc) is 3.31. The normalized spacial score (nSPS) is 12.6. The second kappa shape index (κ2) is 8.27. The van der Waals surface area contributed by atoms with Crippen molar-refractivity contribution in [2.24, 2.45) is 7.05 Å². The summed E-state index contributed by atoms with van der Waals surface area (Å²) in [5.41, 5.74) is 0.785. The van der Waals surface area contributed by atoms with E-state index in [1.807, 2.05) is 0 Å². The molecule has 0 fully saturated rings. The molecule has 1 aromatic carbocycles. The molecule has 0 spiro atoms. The quantitative estimate of drug-likeness (QED) is 0.544. The first-order chi connectivity index (χ1) is 13.3. The summed E-state index contributed by atoms with van der Waals surface area (Å²) in [6.45, 7) is -0.767. The molecule has 12 heteroatoms. The lowest BCUT2D eigenvalue weighted by Crippen LogP contribution is -2.33. The van der Waals surface area contributed by atoms with Gasteiger partial charge in [-0.1, -0.05) is 6.07 Å². The molecule has 150 valence electrons. The number of hydrogen-bond donors (Lipinski definition) is 2. The van der Waals surface area contributed by atoms with E-state index in [0.717, 1.165) is 11.8 Å². The topological polar surface area (TPSA) is 138 Å². The van der Waals surface area contributed by atoms with Crippen molar-refractivity contribution in [3.63, 3.8) is 0 Å². The lowest BCUT2D eigenvalue weighted by molar-refractivity contribution is -0.147. The maximum atomic E-state index is 12.0. The van der Waals surface area contributed by atoms with Crippen LogP contribution in [0.1, 0.15) is 5.56 Å². The molecule has 1 aromatic heterocycles.